The number of unbranched alkanes of at least 4 members (excludes halogenated alkanes) is 1. The molecule has 4 nitrogen and oxygen atoms in total. The highest BCUT2D eigenvalue weighted by Gasteiger charge is 2.26. The monoisotopic (exact) mass is 362 g/mol. The molecule has 1 atom stereocenters. The number of hydrogen-bond acceptors (Lipinski definition) is 4. The van der Waals surface area contributed by atoms with E-state index in [9.17, 15) is 0 Å². The summed E-state index contributed by atoms with van der Waals surface area (Å²) in [5.41, 5.74) is 4.98. The highest BCUT2D eigenvalue weighted by Crippen LogP contribution is 2.31. The Labute approximate surface area is 162 Å². The largest absolute Gasteiger partial charge is 0.383 e. The maximum atomic E-state index is 4.36. The molecule has 0 bridgehead atoms. The van der Waals surface area contributed by atoms with Crippen molar-refractivity contribution in [3.63, 3.8) is 0 Å². The van der Waals surface area contributed by atoms with Crippen LogP contribution in [-0.4, -0.2) is 41.6 Å². The summed E-state index contributed by atoms with van der Waals surface area (Å²) in [4.78, 5) is 6.90. The maximum absolute atomic E-state index is 4.36. The zero-order valence-corrected chi connectivity index (χ0v) is 16.6. The number of nitrogens with one attached hydrogen (secondary N) is 2. The predicted molar refractivity (Wildman–Crippen MR) is 115 cm³/mol. The van der Waals surface area contributed by atoms with Crippen LogP contribution in [0.25, 0.3) is 16.3 Å². The molecule has 2 aliphatic heterocycles. The van der Waals surface area contributed by atoms with E-state index in [2.05, 4.69) is 71.6 Å². The smallest absolute Gasteiger partial charge is 0.0515 e. The summed E-state index contributed by atoms with van der Waals surface area (Å²) in [6.07, 6.45) is 11.0. The van der Waals surface area contributed by atoms with Gasteiger partial charge in [0, 0.05) is 48.3 Å². The molecule has 4 rings (SSSR count). The highest BCUT2D eigenvalue weighted by atomic mass is 15.2. The lowest BCUT2D eigenvalue weighted by molar-refractivity contribution is 0.160. The fourth-order valence-corrected chi connectivity index (χ4v) is 4.10. The van der Waals surface area contributed by atoms with Crippen molar-refractivity contribution in [3.8, 4) is 0 Å². The molecule has 1 unspecified atom stereocenters. The number of likely N-dealkylation sites (tertiary alicyclic amines) is 1. The molecule has 4 heteroatoms. The molecule has 0 amide bonds. The molecule has 1 aromatic heterocycles. The van der Waals surface area contributed by atoms with Crippen molar-refractivity contribution in [1.29, 1.82) is 0 Å². The molecular formula is C23H30N4. The molecule has 2 aromatic rings. The molecule has 1 saturated heterocycles. The second kappa shape index (κ2) is 7.73. The summed E-state index contributed by atoms with van der Waals surface area (Å²) in [6.45, 7) is 10.1. The third-order valence-corrected chi connectivity index (χ3v) is 5.49. The van der Waals surface area contributed by atoms with Gasteiger partial charge in [0.15, 0.2) is 0 Å². The number of anilines is 1. The van der Waals surface area contributed by atoms with Crippen LogP contribution >= 0.6 is 0 Å². The first kappa shape index (κ1) is 18.1. The number of rotatable bonds is 6. The lowest BCUT2D eigenvalue weighted by atomic mass is 9.96. The molecule has 0 radical (unpaired) electrons. The van der Waals surface area contributed by atoms with Gasteiger partial charge in [0.2, 0.25) is 0 Å². The van der Waals surface area contributed by atoms with Gasteiger partial charge in [0.1, 0.15) is 0 Å². The Balaban J connectivity index is 1.60. The first-order valence-corrected chi connectivity index (χ1v) is 10.2. The zero-order valence-electron chi connectivity index (χ0n) is 16.6. The lowest BCUT2D eigenvalue weighted by Crippen LogP contribution is -2.54. The van der Waals surface area contributed by atoms with Gasteiger partial charge in [0.25, 0.3) is 0 Å². The van der Waals surface area contributed by atoms with Crippen LogP contribution in [0.15, 0.2) is 48.4 Å². The van der Waals surface area contributed by atoms with Gasteiger partial charge in [-0.25, -0.2) is 0 Å². The number of allylic oxidation sites excluding steroid dienone is 3. The molecule has 2 aliphatic rings. The van der Waals surface area contributed by atoms with Gasteiger partial charge >= 0.3 is 0 Å². The van der Waals surface area contributed by atoms with E-state index in [-0.39, 0.29) is 0 Å². The van der Waals surface area contributed by atoms with Gasteiger partial charge in [-0.15, -0.1) is 0 Å². The number of nitrogens with zero attached hydrogens (tertiary/aromatic N) is 2. The first-order chi connectivity index (χ1) is 13.1. The SMILES string of the molecule is CCCCN1CC(Nc2cc(C3=CC(C)NC(C)=C3)cc3ccncc23)C1. The minimum atomic E-state index is 0.355. The Hall–Kier alpha value is -2.33. The third-order valence-electron chi connectivity index (χ3n) is 5.49. The number of hydrogen-bond donors (Lipinski definition) is 2. The van der Waals surface area contributed by atoms with E-state index in [1.54, 1.807) is 0 Å². The number of pyridine rings is 1. The van der Waals surface area contributed by atoms with Gasteiger partial charge in [-0.3, -0.25) is 9.88 Å². The zero-order chi connectivity index (χ0) is 18.8. The van der Waals surface area contributed by atoms with E-state index in [4.69, 9.17) is 0 Å². The van der Waals surface area contributed by atoms with Crippen molar-refractivity contribution in [2.75, 3.05) is 25.0 Å². The van der Waals surface area contributed by atoms with Crippen molar-refractivity contribution in [1.82, 2.24) is 15.2 Å². The summed E-state index contributed by atoms with van der Waals surface area (Å²) < 4.78 is 0. The van der Waals surface area contributed by atoms with Crippen LogP contribution in [0, 0.1) is 0 Å². The second-order valence-corrected chi connectivity index (χ2v) is 7.96. The molecular weight excluding hydrogens is 332 g/mol. The Morgan fingerprint density at radius 2 is 2.15 bits per heavy atom. The van der Waals surface area contributed by atoms with Crippen molar-refractivity contribution < 1.29 is 0 Å². The molecule has 1 fully saturated rings. The Bertz CT molecular complexity index is 877. The molecule has 142 valence electrons. The van der Waals surface area contributed by atoms with Crippen LogP contribution in [-0.2, 0) is 0 Å². The van der Waals surface area contributed by atoms with Crippen molar-refractivity contribution in [2.45, 2.75) is 45.7 Å². The average molecular weight is 363 g/mol. The van der Waals surface area contributed by atoms with Crippen LogP contribution in [0.1, 0.15) is 39.2 Å². The Kier molecular flexibility index (Phi) is 5.17. The molecule has 0 saturated carbocycles. The molecule has 0 spiro atoms. The van der Waals surface area contributed by atoms with E-state index in [1.807, 2.05) is 12.4 Å². The van der Waals surface area contributed by atoms with Crippen LogP contribution < -0.4 is 10.6 Å². The third kappa shape index (κ3) is 4.01. The van der Waals surface area contributed by atoms with Crippen molar-refractivity contribution in [3.05, 3.63) is 54.0 Å². The van der Waals surface area contributed by atoms with Crippen molar-refractivity contribution >= 4 is 22.0 Å². The molecule has 27 heavy (non-hydrogen) atoms. The Morgan fingerprint density at radius 3 is 2.93 bits per heavy atom. The maximum Gasteiger partial charge on any atom is 0.0515 e. The summed E-state index contributed by atoms with van der Waals surface area (Å²) in [6, 6.07) is 7.57. The summed E-state index contributed by atoms with van der Waals surface area (Å²) in [7, 11) is 0. The number of fused-ring (bicyclic) bond motifs is 1. The van der Waals surface area contributed by atoms with Crippen LogP contribution in [0.3, 0.4) is 0 Å². The van der Waals surface area contributed by atoms with E-state index < -0.39 is 0 Å². The quantitative estimate of drug-likeness (QED) is 0.798. The molecule has 3 heterocycles. The predicted octanol–water partition coefficient (Wildman–Crippen LogP) is 4.41. The minimum absolute atomic E-state index is 0.355. The van der Waals surface area contributed by atoms with Gasteiger partial charge < -0.3 is 10.6 Å². The standard InChI is InChI=1S/C23H30N4/c1-4-5-8-27-14-21(15-27)26-23-12-20(11-18-6-7-24-13-22(18)23)19-9-16(2)25-17(3)10-19/h6-7,9-13,16,21,25-26H,4-5,8,14-15H2,1-3H3. The summed E-state index contributed by atoms with van der Waals surface area (Å²) in [5, 5.41) is 9.69. The van der Waals surface area contributed by atoms with E-state index in [1.165, 1.54) is 52.7 Å². The topological polar surface area (TPSA) is 40.2 Å². The van der Waals surface area contributed by atoms with Crippen LogP contribution in [0.2, 0.25) is 0 Å². The molecule has 0 aliphatic carbocycles. The highest BCUT2D eigenvalue weighted by molar-refractivity contribution is 5.97. The van der Waals surface area contributed by atoms with Crippen LogP contribution in [0.4, 0.5) is 5.69 Å². The van der Waals surface area contributed by atoms with Gasteiger partial charge in [0.05, 0.1) is 6.04 Å². The number of aromatic nitrogens is 1. The second-order valence-electron chi connectivity index (χ2n) is 7.96. The van der Waals surface area contributed by atoms with Crippen molar-refractivity contribution in [2.24, 2.45) is 0 Å². The number of dihydropyridines is 1. The summed E-state index contributed by atoms with van der Waals surface area (Å²) >= 11 is 0. The number of benzene rings is 1. The molecule has 2 N–H and O–H groups in total. The minimum Gasteiger partial charge on any atom is -0.383 e. The van der Waals surface area contributed by atoms with E-state index >= 15 is 0 Å². The molecule has 1 aromatic carbocycles. The van der Waals surface area contributed by atoms with Gasteiger partial charge in [-0.1, -0.05) is 19.4 Å². The first-order valence-electron chi connectivity index (χ1n) is 10.2. The summed E-state index contributed by atoms with van der Waals surface area (Å²) in [5.74, 6) is 0. The normalized spacial score (nSPS) is 20.6. The van der Waals surface area contributed by atoms with Crippen LogP contribution in [0.5, 0.6) is 0 Å². The Morgan fingerprint density at radius 1 is 1.30 bits per heavy atom. The van der Waals surface area contributed by atoms with Gasteiger partial charge in [-0.2, -0.15) is 0 Å². The van der Waals surface area contributed by atoms with Gasteiger partial charge in [-0.05, 0) is 67.6 Å². The fourth-order valence-electron chi connectivity index (χ4n) is 4.10. The average Bonchev–Trinajstić information content (AvgIpc) is 2.62. The van der Waals surface area contributed by atoms with E-state index in [0.717, 1.165) is 13.1 Å². The van der Waals surface area contributed by atoms with E-state index in [0.29, 0.717) is 12.1 Å². The fraction of sp³-hybridized carbons (Fsp3) is 0.435. The lowest BCUT2D eigenvalue weighted by Gasteiger charge is -2.40.